The first-order valence-corrected chi connectivity index (χ1v) is 25.2. The molecule has 11 N–H and O–H groups in total. The maximum atomic E-state index is 12.7. The van der Waals surface area contributed by atoms with Crippen LogP contribution < -0.4 is 16.4 Å². The highest BCUT2D eigenvalue weighted by Gasteiger charge is 2.50. The summed E-state index contributed by atoms with van der Waals surface area (Å²) in [5.74, 6) is -1.22. The minimum absolute atomic E-state index is 0.0241. The van der Waals surface area contributed by atoms with Gasteiger partial charge in [-0.3, -0.25) is 32.5 Å². The Morgan fingerprint density at radius 2 is 1.63 bits per heavy atom. The average Bonchev–Trinajstić information content (AvgIpc) is 3.74. The van der Waals surface area contributed by atoms with Crippen molar-refractivity contribution in [1.29, 1.82) is 0 Å². The van der Waals surface area contributed by atoms with Crippen molar-refractivity contribution in [3.05, 3.63) is 12.7 Å². The number of rotatable bonds is 29. The molecule has 8 atom stereocenters. The number of nitrogens with one attached hydrogen (secondary N) is 2. The van der Waals surface area contributed by atoms with E-state index in [1.165, 1.54) is 39.5 Å². The van der Waals surface area contributed by atoms with Crippen LogP contribution in [0.2, 0.25) is 0 Å². The van der Waals surface area contributed by atoms with Gasteiger partial charge in [-0.2, -0.15) is 4.31 Å². The fourth-order valence-electron chi connectivity index (χ4n) is 5.99. The predicted octanol–water partition coefficient (Wildman–Crippen LogP) is 1.56. The molecule has 29 heteroatoms. The predicted molar refractivity (Wildman–Crippen MR) is 220 cm³/mol. The first-order valence-electron chi connectivity index (χ1n) is 19.7. The van der Waals surface area contributed by atoms with E-state index in [0.717, 1.165) is 48.2 Å². The Morgan fingerprint density at radius 3 is 2.31 bits per heavy atom. The van der Waals surface area contributed by atoms with Gasteiger partial charge >= 0.3 is 23.5 Å². The van der Waals surface area contributed by atoms with E-state index < -0.39 is 90.7 Å². The number of fused-ring (bicyclic) bond motifs is 1. The van der Waals surface area contributed by atoms with E-state index in [0.29, 0.717) is 6.42 Å². The largest absolute Gasteiger partial charge is 0.481 e. The molecule has 3 unspecified atom stereocenters. The molecule has 1 saturated heterocycles. The van der Waals surface area contributed by atoms with Gasteiger partial charge in [0.15, 0.2) is 22.8 Å². The number of aliphatic hydroxyl groups is 3. The second-order valence-electron chi connectivity index (χ2n) is 15.1. The van der Waals surface area contributed by atoms with Crippen molar-refractivity contribution >= 4 is 69.1 Å². The van der Waals surface area contributed by atoms with Gasteiger partial charge in [0.2, 0.25) is 11.8 Å². The minimum Gasteiger partial charge on any atom is -0.393 e. The van der Waals surface area contributed by atoms with Crippen LogP contribution in [0.3, 0.4) is 0 Å². The van der Waals surface area contributed by atoms with Gasteiger partial charge in [0.25, 0.3) is 0 Å². The van der Waals surface area contributed by atoms with Crippen molar-refractivity contribution in [3.8, 4) is 0 Å². The van der Waals surface area contributed by atoms with E-state index in [1.54, 1.807) is 0 Å². The number of unbranched alkanes of at least 4 members (excludes halogenated alkanes) is 6. The molecule has 2 aromatic rings. The van der Waals surface area contributed by atoms with Crippen LogP contribution in [0, 0.1) is 5.41 Å². The van der Waals surface area contributed by atoms with Gasteiger partial charge in [0, 0.05) is 37.1 Å². The zero-order chi connectivity index (χ0) is 46.3. The number of phosphoric ester groups is 3. The Morgan fingerprint density at radius 1 is 0.968 bits per heavy atom. The topological polar surface area (TPSA) is 384 Å². The fraction of sp³-hybridized carbons (Fsp3) is 0.758. The summed E-state index contributed by atoms with van der Waals surface area (Å²) in [5.41, 5.74) is 4.25. The van der Waals surface area contributed by atoms with Crippen LogP contribution in [0.15, 0.2) is 12.7 Å². The summed E-state index contributed by atoms with van der Waals surface area (Å²) in [6.45, 7) is 2.55. The SMILES string of the molecule is CCCCCCCCCC(O)CC(=O)SCCNC(=O)CCNC(=O)[C@H](O)C(C)(C)COP(=O)(O)OP(=O)(O)OC[C@H]1O[C@@H](n2cnc3c(N)ncnc32)[C@H](O)[C@@H]1OP(=O)(O)O. The molecule has 354 valence electrons. The lowest BCUT2D eigenvalue weighted by Gasteiger charge is -2.30. The number of aliphatic hydroxyl groups excluding tert-OH is 3. The molecule has 25 nitrogen and oxygen atoms in total. The van der Waals surface area contributed by atoms with Crippen LogP contribution in [0.25, 0.3) is 11.2 Å². The first-order chi connectivity index (χ1) is 28.9. The number of amides is 2. The van der Waals surface area contributed by atoms with Crippen LogP contribution in [-0.4, -0.2) is 134 Å². The van der Waals surface area contributed by atoms with Crippen LogP contribution >= 0.6 is 35.2 Å². The van der Waals surface area contributed by atoms with Crippen LogP contribution in [0.1, 0.15) is 91.2 Å². The molecular formula is C33H58N7O18P3S. The normalized spacial score (nSPS) is 21.3. The molecule has 0 saturated carbocycles. The molecule has 0 spiro atoms. The van der Waals surface area contributed by atoms with Crippen LogP contribution in [-0.2, 0) is 50.7 Å². The van der Waals surface area contributed by atoms with Gasteiger partial charge in [0.1, 0.15) is 36.3 Å². The fourth-order valence-corrected chi connectivity index (χ4v) is 9.56. The van der Waals surface area contributed by atoms with Crippen LogP contribution in [0.5, 0.6) is 0 Å². The quantitative estimate of drug-likeness (QED) is 0.0408. The van der Waals surface area contributed by atoms with E-state index in [-0.39, 0.29) is 53.8 Å². The number of aromatic nitrogens is 4. The summed E-state index contributed by atoms with van der Waals surface area (Å²) in [7, 11) is -16.4. The summed E-state index contributed by atoms with van der Waals surface area (Å²) in [5, 5.41) is 36.4. The van der Waals surface area contributed by atoms with E-state index in [4.69, 9.17) is 19.5 Å². The Hall–Kier alpha value is -2.48. The number of nitrogen functional groups attached to an aromatic ring is 1. The number of nitrogens with two attached hydrogens (primary N) is 1. The number of anilines is 1. The number of ether oxygens (including phenoxy) is 1. The third kappa shape index (κ3) is 18.2. The number of phosphoric acid groups is 3. The summed E-state index contributed by atoms with van der Waals surface area (Å²) in [6, 6.07) is 0. The maximum absolute atomic E-state index is 12.7. The molecule has 0 bridgehead atoms. The van der Waals surface area contributed by atoms with E-state index in [1.807, 2.05) is 0 Å². The third-order valence-corrected chi connectivity index (χ3v) is 13.3. The molecule has 3 rings (SSSR count). The Kier molecular flexibility index (Phi) is 21.5. The summed E-state index contributed by atoms with van der Waals surface area (Å²) in [4.78, 5) is 88.1. The summed E-state index contributed by atoms with van der Waals surface area (Å²) >= 11 is 0.991. The van der Waals surface area contributed by atoms with E-state index in [9.17, 15) is 63.0 Å². The summed E-state index contributed by atoms with van der Waals surface area (Å²) in [6.07, 6.45) is 0.648. The molecule has 2 amide bonds. The number of hydrogen-bond donors (Lipinski definition) is 10. The van der Waals surface area contributed by atoms with Gasteiger partial charge in [-0.15, -0.1) is 0 Å². The molecule has 1 aliphatic rings. The molecule has 3 heterocycles. The zero-order valence-corrected chi connectivity index (χ0v) is 38.0. The highest BCUT2D eigenvalue weighted by atomic mass is 32.2. The van der Waals surface area contributed by atoms with Gasteiger partial charge in [0.05, 0.1) is 25.6 Å². The highest BCUT2D eigenvalue weighted by Crippen LogP contribution is 2.61. The van der Waals surface area contributed by atoms with Crippen molar-refractivity contribution in [2.75, 3.05) is 37.8 Å². The number of imidazole rings is 1. The molecule has 2 aromatic heterocycles. The standard InChI is InChI=1S/C33H58N7O18P3S/c1-4-5-6-7-8-9-10-11-21(41)16-24(43)62-15-14-35-23(42)12-13-36-31(46)28(45)33(2,3)18-55-61(52,53)58-60(50,51)54-17-22-27(57-59(47,48)49)26(44)32(56-22)40-20-39-25-29(34)37-19-38-30(25)40/h19-22,26-28,32,41,44-45H,4-18H2,1-3H3,(H,35,42)(H,36,46)(H,50,51)(H,52,53)(H2,34,37,38)(H2,47,48,49)/t21?,22-,26-,27-,28+,32-/m1/s1. The van der Waals surface area contributed by atoms with Gasteiger partial charge in [-0.1, -0.05) is 77.5 Å². The lowest BCUT2D eigenvalue weighted by atomic mass is 9.87. The van der Waals surface area contributed by atoms with Crippen molar-refractivity contribution < 1.29 is 85.6 Å². The molecule has 1 aliphatic heterocycles. The van der Waals surface area contributed by atoms with E-state index in [2.05, 4.69) is 41.3 Å². The van der Waals surface area contributed by atoms with Crippen molar-refractivity contribution in [3.63, 3.8) is 0 Å². The number of carbonyl (C=O) groups is 3. The molecule has 0 radical (unpaired) electrons. The first kappa shape index (κ1) is 53.9. The van der Waals surface area contributed by atoms with Crippen molar-refractivity contribution in [2.24, 2.45) is 5.41 Å². The lowest BCUT2D eigenvalue weighted by Crippen LogP contribution is -2.46. The van der Waals surface area contributed by atoms with Gasteiger partial charge in [-0.05, 0) is 6.42 Å². The number of carbonyl (C=O) groups excluding carboxylic acids is 3. The number of nitrogens with zero attached hydrogens (tertiary/aromatic N) is 4. The monoisotopic (exact) mass is 965 g/mol. The van der Waals surface area contributed by atoms with Gasteiger partial charge < -0.3 is 56.0 Å². The molecular weight excluding hydrogens is 907 g/mol. The van der Waals surface area contributed by atoms with Crippen molar-refractivity contribution in [2.45, 2.75) is 122 Å². The zero-order valence-electron chi connectivity index (χ0n) is 34.5. The smallest absolute Gasteiger partial charge is 0.393 e. The van der Waals surface area contributed by atoms with Crippen LogP contribution in [0.4, 0.5) is 5.82 Å². The molecule has 62 heavy (non-hydrogen) atoms. The summed E-state index contributed by atoms with van der Waals surface area (Å²) < 4.78 is 62.3. The lowest BCUT2D eigenvalue weighted by molar-refractivity contribution is -0.137. The average molecular weight is 966 g/mol. The van der Waals surface area contributed by atoms with Crippen molar-refractivity contribution in [1.82, 2.24) is 30.2 Å². The van der Waals surface area contributed by atoms with E-state index >= 15 is 0 Å². The molecule has 0 aliphatic carbocycles. The Bertz CT molecular complexity index is 1920. The number of thioether (sulfide) groups is 1. The minimum atomic E-state index is -5.58. The Labute approximate surface area is 361 Å². The maximum Gasteiger partial charge on any atom is 0.481 e. The second kappa shape index (κ2) is 24.7. The third-order valence-electron chi connectivity index (χ3n) is 9.31. The second-order valence-corrected chi connectivity index (χ2v) is 20.4. The highest BCUT2D eigenvalue weighted by molar-refractivity contribution is 8.13. The molecule has 0 aromatic carbocycles. The molecule has 1 fully saturated rings. The van der Waals surface area contributed by atoms with Gasteiger partial charge in [-0.25, -0.2) is 28.6 Å². The number of hydrogen-bond acceptors (Lipinski definition) is 19. The Balaban J connectivity index is 1.39.